The fraction of sp³-hybridized carbons (Fsp3) is 0.348. The second kappa shape index (κ2) is 10.5. The summed E-state index contributed by atoms with van der Waals surface area (Å²) in [5, 5.41) is 14.7. The van der Waals surface area contributed by atoms with E-state index in [1.54, 1.807) is 41.3 Å². The molecule has 164 valence electrons. The summed E-state index contributed by atoms with van der Waals surface area (Å²) in [4.78, 5) is 26.7. The van der Waals surface area contributed by atoms with Crippen molar-refractivity contribution < 1.29 is 19.5 Å². The summed E-state index contributed by atoms with van der Waals surface area (Å²) >= 11 is 0. The Morgan fingerprint density at radius 2 is 2.03 bits per heavy atom. The Kier molecular flexibility index (Phi) is 7.48. The molecule has 2 aromatic rings. The van der Waals surface area contributed by atoms with E-state index in [1.807, 2.05) is 19.1 Å². The lowest BCUT2D eigenvalue weighted by Gasteiger charge is -2.27. The van der Waals surface area contributed by atoms with Crippen molar-refractivity contribution in [1.29, 1.82) is 0 Å². The van der Waals surface area contributed by atoms with Gasteiger partial charge in [-0.3, -0.25) is 9.59 Å². The summed E-state index contributed by atoms with van der Waals surface area (Å²) in [6, 6.07) is 14.0. The zero-order chi connectivity index (χ0) is 22.2. The summed E-state index contributed by atoms with van der Waals surface area (Å²) < 4.78 is 5.90. The molecule has 0 aromatic heterocycles. The average molecular weight is 425 g/mol. The first-order chi connectivity index (χ1) is 15.0. The van der Waals surface area contributed by atoms with Crippen LogP contribution in [0, 0.1) is 0 Å². The summed E-state index contributed by atoms with van der Waals surface area (Å²) in [6.07, 6.45) is 3.09. The van der Waals surface area contributed by atoms with Crippen molar-refractivity contribution in [2.45, 2.75) is 45.1 Å². The van der Waals surface area contributed by atoms with E-state index in [1.165, 1.54) is 0 Å². The van der Waals surface area contributed by atoms with Crippen LogP contribution in [-0.2, 0) is 9.59 Å². The minimum Gasteiger partial charge on any atom is -0.481 e. The smallest absolute Gasteiger partial charge is 0.265 e. The number of carbonyl (C=O) groups is 2. The number of amides is 2. The van der Waals surface area contributed by atoms with Crippen LogP contribution < -0.4 is 20.7 Å². The quantitative estimate of drug-likeness (QED) is 0.260. The molecule has 0 spiro atoms. The molecule has 8 nitrogen and oxygen atoms in total. The molecule has 1 heterocycles. The van der Waals surface area contributed by atoms with Gasteiger partial charge in [0.15, 0.2) is 11.9 Å². The Morgan fingerprint density at radius 3 is 2.71 bits per heavy atom. The fourth-order valence-electron chi connectivity index (χ4n) is 3.48. The Labute approximate surface area is 181 Å². The van der Waals surface area contributed by atoms with Gasteiger partial charge in [0.05, 0.1) is 0 Å². The van der Waals surface area contributed by atoms with E-state index in [0.717, 1.165) is 31.5 Å². The monoisotopic (exact) mass is 424 g/mol. The molecule has 2 aromatic carbocycles. The van der Waals surface area contributed by atoms with Gasteiger partial charge in [0.1, 0.15) is 5.75 Å². The Balaban J connectivity index is 1.67. The number of rotatable bonds is 8. The first kappa shape index (κ1) is 22.1. The number of carbonyl (C=O) groups excluding carboxylic acids is 2. The van der Waals surface area contributed by atoms with Gasteiger partial charge in [-0.25, -0.2) is 0 Å². The van der Waals surface area contributed by atoms with Crippen LogP contribution in [0.4, 0.5) is 11.4 Å². The molecule has 1 fully saturated rings. The topological polar surface area (TPSA) is 117 Å². The lowest BCUT2D eigenvalue weighted by Crippen LogP contribution is -2.35. The maximum atomic E-state index is 12.8. The van der Waals surface area contributed by atoms with Gasteiger partial charge < -0.3 is 25.9 Å². The molecule has 1 unspecified atom stereocenters. The highest BCUT2D eigenvalue weighted by molar-refractivity contribution is 5.98. The molecule has 0 radical (unpaired) electrons. The number of amidine groups is 1. The molecular weight excluding hydrogens is 396 g/mol. The number of nitrogens with zero attached hydrogens (tertiary/aromatic N) is 2. The van der Waals surface area contributed by atoms with Gasteiger partial charge in [0, 0.05) is 29.9 Å². The second-order valence-electron chi connectivity index (χ2n) is 7.45. The van der Waals surface area contributed by atoms with Gasteiger partial charge in [0.25, 0.3) is 5.91 Å². The molecular formula is C23H28N4O4. The highest BCUT2D eigenvalue weighted by atomic mass is 16.5. The predicted molar refractivity (Wildman–Crippen MR) is 120 cm³/mol. The van der Waals surface area contributed by atoms with Gasteiger partial charge >= 0.3 is 0 Å². The number of piperidine rings is 1. The molecule has 1 aliphatic heterocycles. The van der Waals surface area contributed by atoms with Crippen molar-refractivity contribution in [2.75, 3.05) is 16.8 Å². The predicted octanol–water partition coefficient (Wildman–Crippen LogP) is 3.48. The van der Waals surface area contributed by atoms with E-state index in [0.29, 0.717) is 29.8 Å². The van der Waals surface area contributed by atoms with Crippen molar-refractivity contribution in [1.82, 2.24) is 0 Å². The molecule has 1 aliphatic rings. The van der Waals surface area contributed by atoms with Crippen molar-refractivity contribution in [3.63, 3.8) is 0 Å². The van der Waals surface area contributed by atoms with E-state index in [9.17, 15) is 9.59 Å². The largest absolute Gasteiger partial charge is 0.481 e. The van der Waals surface area contributed by atoms with E-state index in [-0.39, 0.29) is 17.6 Å². The first-order valence-electron chi connectivity index (χ1n) is 10.5. The van der Waals surface area contributed by atoms with Crippen LogP contribution in [0.25, 0.3) is 0 Å². The van der Waals surface area contributed by atoms with E-state index in [2.05, 4.69) is 10.5 Å². The normalized spacial score (nSPS) is 15.5. The number of benzene rings is 2. The SMILES string of the molecule is CCCC(Oc1cccc(C(N)=NO)c1)C(=O)Nc1ccc(N2CCCCC2=O)cc1. The summed E-state index contributed by atoms with van der Waals surface area (Å²) in [5.74, 6) is 0.289. The molecule has 0 saturated carbocycles. The summed E-state index contributed by atoms with van der Waals surface area (Å²) in [6.45, 7) is 2.70. The fourth-order valence-corrected chi connectivity index (χ4v) is 3.48. The van der Waals surface area contributed by atoms with Crippen molar-refractivity contribution >= 4 is 29.0 Å². The molecule has 3 rings (SSSR count). The van der Waals surface area contributed by atoms with Crippen molar-refractivity contribution in [3.05, 3.63) is 54.1 Å². The first-order valence-corrected chi connectivity index (χ1v) is 10.5. The summed E-state index contributed by atoms with van der Waals surface area (Å²) in [5.41, 5.74) is 7.60. The molecule has 1 saturated heterocycles. The third kappa shape index (κ3) is 5.75. The van der Waals surface area contributed by atoms with Crippen LogP contribution >= 0.6 is 0 Å². The number of nitrogens with two attached hydrogens (primary N) is 1. The second-order valence-corrected chi connectivity index (χ2v) is 7.45. The van der Waals surface area contributed by atoms with Gasteiger partial charge in [-0.05, 0) is 55.7 Å². The number of anilines is 2. The third-order valence-electron chi connectivity index (χ3n) is 5.13. The van der Waals surface area contributed by atoms with E-state index in [4.69, 9.17) is 15.7 Å². The lowest BCUT2D eigenvalue weighted by molar-refractivity contribution is -0.123. The number of hydrogen-bond acceptors (Lipinski definition) is 5. The lowest BCUT2D eigenvalue weighted by atomic mass is 10.1. The van der Waals surface area contributed by atoms with Crippen LogP contribution in [0.3, 0.4) is 0 Å². The number of nitrogens with one attached hydrogen (secondary N) is 1. The zero-order valence-corrected chi connectivity index (χ0v) is 17.6. The number of hydrogen-bond donors (Lipinski definition) is 3. The maximum absolute atomic E-state index is 12.8. The maximum Gasteiger partial charge on any atom is 0.265 e. The van der Waals surface area contributed by atoms with E-state index >= 15 is 0 Å². The van der Waals surface area contributed by atoms with Crippen LogP contribution in [0.5, 0.6) is 5.75 Å². The van der Waals surface area contributed by atoms with Gasteiger partial charge in [0.2, 0.25) is 5.91 Å². The Morgan fingerprint density at radius 1 is 1.26 bits per heavy atom. The number of ether oxygens (including phenoxy) is 1. The third-order valence-corrected chi connectivity index (χ3v) is 5.13. The Hall–Kier alpha value is -3.55. The highest BCUT2D eigenvalue weighted by Crippen LogP contribution is 2.23. The van der Waals surface area contributed by atoms with Gasteiger partial charge in [-0.2, -0.15) is 0 Å². The Bertz CT molecular complexity index is 943. The zero-order valence-electron chi connectivity index (χ0n) is 17.6. The molecule has 0 aliphatic carbocycles. The van der Waals surface area contributed by atoms with E-state index < -0.39 is 6.10 Å². The minimum absolute atomic E-state index is 0.0331. The standard InChI is InChI=1S/C23H28N4O4/c1-2-6-20(31-19-8-5-7-16(15-19)22(24)26-30)23(29)25-17-10-12-18(13-11-17)27-14-4-3-9-21(27)28/h5,7-8,10-13,15,20,30H,2-4,6,9,14H2,1H3,(H2,24,26)(H,25,29). The van der Waals surface area contributed by atoms with Crippen molar-refractivity contribution in [3.8, 4) is 5.75 Å². The van der Waals surface area contributed by atoms with Crippen LogP contribution in [0.15, 0.2) is 53.7 Å². The molecule has 31 heavy (non-hydrogen) atoms. The van der Waals surface area contributed by atoms with Crippen LogP contribution in [0.1, 0.15) is 44.6 Å². The molecule has 0 bridgehead atoms. The van der Waals surface area contributed by atoms with Crippen LogP contribution in [0.2, 0.25) is 0 Å². The molecule has 2 amide bonds. The summed E-state index contributed by atoms with van der Waals surface area (Å²) in [7, 11) is 0. The molecule has 1 atom stereocenters. The molecule has 8 heteroatoms. The van der Waals surface area contributed by atoms with Crippen LogP contribution in [-0.4, -0.2) is 35.5 Å². The number of oxime groups is 1. The molecule has 4 N–H and O–H groups in total. The highest BCUT2D eigenvalue weighted by Gasteiger charge is 2.22. The average Bonchev–Trinajstić information content (AvgIpc) is 2.79. The minimum atomic E-state index is -0.698. The van der Waals surface area contributed by atoms with Gasteiger partial charge in [-0.15, -0.1) is 0 Å². The van der Waals surface area contributed by atoms with Crippen molar-refractivity contribution in [2.24, 2.45) is 10.9 Å². The van der Waals surface area contributed by atoms with Gasteiger partial charge in [-0.1, -0.05) is 30.6 Å².